The van der Waals surface area contributed by atoms with E-state index in [0.717, 1.165) is 5.56 Å². The van der Waals surface area contributed by atoms with Crippen LogP contribution < -0.4 is 0 Å². The first-order chi connectivity index (χ1) is 6.50. The van der Waals surface area contributed by atoms with Gasteiger partial charge in [-0.2, -0.15) is 0 Å². The first kappa shape index (κ1) is 11.2. The van der Waals surface area contributed by atoms with Gasteiger partial charge < -0.3 is 5.11 Å². The van der Waals surface area contributed by atoms with Crippen molar-refractivity contribution in [3.63, 3.8) is 0 Å². The van der Waals surface area contributed by atoms with Crippen molar-refractivity contribution >= 4 is 21.9 Å². The standard InChI is InChI=1S/C10H10BrFO2/c1-6(10(13)14)4-7-2-3-9(12)8(11)5-7/h2-3,5-6H,4H2,1H3,(H,13,14). The van der Waals surface area contributed by atoms with E-state index in [1.54, 1.807) is 19.1 Å². The first-order valence-corrected chi connectivity index (χ1v) is 4.96. The van der Waals surface area contributed by atoms with Crippen molar-refractivity contribution < 1.29 is 14.3 Å². The highest BCUT2D eigenvalue weighted by Gasteiger charge is 2.12. The molecule has 1 aromatic rings. The van der Waals surface area contributed by atoms with Gasteiger partial charge in [-0.1, -0.05) is 13.0 Å². The molecule has 0 radical (unpaired) electrons. The number of aliphatic carboxylic acids is 1. The van der Waals surface area contributed by atoms with Crippen LogP contribution in [0.3, 0.4) is 0 Å². The van der Waals surface area contributed by atoms with Gasteiger partial charge in [0.2, 0.25) is 0 Å². The van der Waals surface area contributed by atoms with Gasteiger partial charge in [0.25, 0.3) is 0 Å². The third kappa shape index (κ3) is 2.80. The van der Waals surface area contributed by atoms with Crippen LogP contribution in [0.2, 0.25) is 0 Å². The maximum atomic E-state index is 12.8. The van der Waals surface area contributed by atoms with Crippen LogP contribution in [0.1, 0.15) is 12.5 Å². The lowest BCUT2D eigenvalue weighted by atomic mass is 10.0. The van der Waals surface area contributed by atoms with E-state index in [1.807, 2.05) is 0 Å². The summed E-state index contributed by atoms with van der Waals surface area (Å²) in [5.41, 5.74) is 0.813. The number of halogens is 2. The SMILES string of the molecule is CC(Cc1ccc(F)c(Br)c1)C(=O)O. The van der Waals surface area contributed by atoms with Gasteiger partial charge in [0.1, 0.15) is 5.82 Å². The molecule has 1 unspecified atom stereocenters. The van der Waals surface area contributed by atoms with Crippen molar-refractivity contribution in [1.29, 1.82) is 0 Å². The van der Waals surface area contributed by atoms with Crippen molar-refractivity contribution in [1.82, 2.24) is 0 Å². The second-order valence-corrected chi connectivity index (χ2v) is 4.05. The molecule has 0 fully saturated rings. The van der Waals surface area contributed by atoms with Crippen LogP contribution in [0, 0.1) is 11.7 Å². The van der Waals surface area contributed by atoms with Crippen LogP contribution in [-0.2, 0) is 11.2 Å². The summed E-state index contributed by atoms with van der Waals surface area (Å²) in [5, 5.41) is 8.68. The van der Waals surface area contributed by atoms with E-state index in [9.17, 15) is 9.18 Å². The summed E-state index contributed by atoms with van der Waals surface area (Å²) in [6.45, 7) is 1.62. The number of hydrogen-bond acceptors (Lipinski definition) is 1. The Morgan fingerprint density at radius 1 is 1.64 bits per heavy atom. The lowest BCUT2D eigenvalue weighted by molar-refractivity contribution is -0.141. The fourth-order valence-electron chi connectivity index (χ4n) is 1.11. The molecule has 1 aromatic carbocycles. The second kappa shape index (κ2) is 4.55. The van der Waals surface area contributed by atoms with E-state index in [1.165, 1.54) is 6.07 Å². The fraction of sp³-hybridized carbons (Fsp3) is 0.300. The van der Waals surface area contributed by atoms with Crippen LogP contribution in [0.5, 0.6) is 0 Å². The fourth-order valence-corrected chi connectivity index (χ4v) is 1.53. The lowest BCUT2D eigenvalue weighted by Gasteiger charge is -2.06. The Morgan fingerprint density at radius 3 is 2.79 bits per heavy atom. The summed E-state index contributed by atoms with van der Waals surface area (Å²) in [5.74, 6) is -1.63. The molecule has 2 nitrogen and oxygen atoms in total. The minimum Gasteiger partial charge on any atom is -0.481 e. The first-order valence-electron chi connectivity index (χ1n) is 4.17. The van der Waals surface area contributed by atoms with Gasteiger partial charge in [0.15, 0.2) is 0 Å². The Morgan fingerprint density at radius 2 is 2.29 bits per heavy atom. The summed E-state index contributed by atoms with van der Waals surface area (Å²) in [6.07, 6.45) is 0.411. The lowest BCUT2D eigenvalue weighted by Crippen LogP contribution is -2.12. The number of carboxylic acids is 1. The Labute approximate surface area is 89.9 Å². The largest absolute Gasteiger partial charge is 0.481 e. The predicted molar refractivity (Wildman–Crippen MR) is 54.6 cm³/mol. The smallest absolute Gasteiger partial charge is 0.306 e. The van der Waals surface area contributed by atoms with E-state index < -0.39 is 11.9 Å². The van der Waals surface area contributed by atoms with E-state index >= 15 is 0 Å². The highest BCUT2D eigenvalue weighted by Crippen LogP contribution is 2.18. The molecule has 0 aromatic heterocycles. The molecule has 0 spiro atoms. The Kier molecular flexibility index (Phi) is 3.63. The minimum absolute atomic E-state index is 0.336. The summed E-state index contributed by atoms with van der Waals surface area (Å²) >= 11 is 3.05. The number of carbonyl (C=O) groups is 1. The van der Waals surface area contributed by atoms with Gasteiger partial charge in [-0.05, 0) is 40.0 Å². The zero-order valence-electron chi connectivity index (χ0n) is 7.63. The molecule has 0 heterocycles. The van der Waals surface area contributed by atoms with Crippen LogP contribution in [0.4, 0.5) is 4.39 Å². The summed E-state index contributed by atoms with van der Waals surface area (Å²) in [6, 6.07) is 4.53. The van der Waals surface area contributed by atoms with Crippen LogP contribution >= 0.6 is 15.9 Å². The number of hydrogen-bond donors (Lipinski definition) is 1. The normalized spacial score (nSPS) is 12.5. The molecule has 0 aliphatic heterocycles. The van der Waals surface area contributed by atoms with Gasteiger partial charge in [-0.25, -0.2) is 4.39 Å². The molecule has 14 heavy (non-hydrogen) atoms. The Bertz CT molecular complexity index is 352. The summed E-state index contributed by atoms with van der Waals surface area (Å²) in [4.78, 5) is 10.6. The van der Waals surface area contributed by atoms with Crippen LogP contribution in [-0.4, -0.2) is 11.1 Å². The highest BCUT2D eigenvalue weighted by molar-refractivity contribution is 9.10. The maximum absolute atomic E-state index is 12.8. The summed E-state index contributed by atoms with van der Waals surface area (Å²) < 4.78 is 13.2. The van der Waals surface area contributed by atoms with E-state index in [-0.39, 0.29) is 5.82 Å². The Balaban J connectivity index is 2.78. The van der Waals surface area contributed by atoms with Crippen molar-refractivity contribution in [2.75, 3.05) is 0 Å². The van der Waals surface area contributed by atoms with E-state index in [2.05, 4.69) is 15.9 Å². The van der Waals surface area contributed by atoms with Crippen LogP contribution in [0.25, 0.3) is 0 Å². The zero-order chi connectivity index (χ0) is 10.7. The number of benzene rings is 1. The van der Waals surface area contributed by atoms with Crippen molar-refractivity contribution in [2.24, 2.45) is 5.92 Å². The molecular weight excluding hydrogens is 251 g/mol. The molecule has 0 amide bonds. The monoisotopic (exact) mass is 260 g/mol. The molecule has 0 aliphatic carbocycles. The molecule has 76 valence electrons. The topological polar surface area (TPSA) is 37.3 Å². The highest BCUT2D eigenvalue weighted by atomic mass is 79.9. The minimum atomic E-state index is -0.842. The average molecular weight is 261 g/mol. The van der Waals surface area contributed by atoms with Crippen LogP contribution in [0.15, 0.2) is 22.7 Å². The van der Waals surface area contributed by atoms with E-state index in [4.69, 9.17) is 5.11 Å². The van der Waals surface area contributed by atoms with Crippen molar-refractivity contribution in [2.45, 2.75) is 13.3 Å². The summed E-state index contributed by atoms with van der Waals surface area (Å²) in [7, 11) is 0. The quantitative estimate of drug-likeness (QED) is 0.908. The van der Waals surface area contributed by atoms with E-state index in [0.29, 0.717) is 10.9 Å². The predicted octanol–water partition coefficient (Wildman–Crippen LogP) is 2.85. The molecule has 0 aliphatic rings. The zero-order valence-corrected chi connectivity index (χ0v) is 9.21. The van der Waals surface area contributed by atoms with Crippen molar-refractivity contribution in [3.05, 3.63) is 34.1 Å². The van der Waals surface area contributed by atoms with Crippen molar-refractivity contribution in [3.8, 4) is 0 Å². The third-order valence-corrected chi connectivity index (χ3v) is 2.56. The van der Waals surface area contributed by atoms with Gasteiger partial charge in [0, 0.05) is 0 Å². The molecule has 0 saturated carbocycles. The molecule has 0 saturated heterocycles. The van der Waals surface area contributed by atoms with Gasteiger partial charge in [-0.3, -0.25) is 4.79 Å². The number of carboxylic acid groups (broad SMARTS) is 1. The maximum Gasteiger partial charge on any atom is 0.306 e. The van der Waals surface area contributed by atoms with Gasteiger partial charge >= 0.3 is 5.97 Å². The average Bonchev–Trinajstić information content (AvgIpc) is 2.11. The Hall–Kier alpha value is -0.900. The molecular formula is C10H10BrFO2. The second-order valence-electron chi connectivity index (χ2n) is 3.19. The number of rotatable bonds is 3. The molecule has 1 atom stereocenters. The van der Waals surface area contributed by atoms with Gasteiger partial charge in [-0.15, -0.1) is 0 Å². The molecule has 1 rings (SSSR count). The van der Waals surface area contributed by atoms with Gasteiger partial charge in [0.05, 0.1) is 10.4 Å². The third-order valence-electron chi connectivity index (χ3n) is 1.95. The molecule has 1 N–H and O–H groups in total. The molecule has 4 heteroatoms. The molecule has 0 bridgehead atoms.